The van der Waals surface area contributed by atoms with Gasteiger partial charge in [0.25, 0.3) is 0 Å². The lowest BCUT2D eigenvalue weighted by Crippen LogP contribution is -2.34. The van der Waals surface area contributed by atoms with Gasteiger partial charge in [-0.2, -0.15) is 0 Å². The third kappa shape index (κ3) is 4.45. The maximum atomic E-state index is 5.40. The zero-order valence-electron chi connectivity index (χ0n) is 15.5. The molecule has 1 atom stereocenters. The number of thiocarbonyl (C=S) groups is 1. The van der Waals surface area contributed by atoms with E-state index in [1.165, 1.54) is 24.1 Å². The predicted octanol–water partition coefficient (Wildman–Crippen LogP) is 4.14. The van der Waals surface area contributed by atoms with Gasteiger partial charge in [-0.1, -0.05) is 19.1 Å². The van der Waals surface area contributed by atoms with E-state index in [1.807, 2.05) is 18.2 Å². The lowest BCUT2D eigenvalue weighted by atomic mass is 9.99. The second-order valence-electron chi connectivity index (χ2n) is 7.24. The first-order valence-corrected chi connectivity index (χ1v) is 9.86. The highest BCUT2D eigenvalue weighted by Crippen LogP contribution is 2.34. The van der Waals surface area contributed by atoms with E-state index in [2.05, 4.69) is 46.7 Å². The van der Waals surface area contributed by atoms with E-state index < -0.39 is 0 Å². The molecule has 0 spiro atoms. The first kappa shape index (κ1) is 17.9. The van der Waals surface area contributed by atoms with Crippen LogP contribution in [-0.2, 0) is 6.54 Å². The number of hydrogen-bond donors (Lipinski definition) is 2. The Bertz CT molecular complexity index is 810. The molecular weight excluding hydrogens is 358 g/mol. The third-order valence-corrected chi connectivity index (χ3v) is 5.29. The fourth-order valence-corrected chi connectivity index (χ4v) is 3.77. The number of nitrogens with one attached hydrogen (secondary N) is 2. The minimum absolute atomic E-state index is 0.272. The Morgan fingerprint density at radius 1 is 1.15 bits per heavy atom. The Morgan fingerprint density at radius 3 is 2.78 bits per heavy atom. The predicted molar refractivity (Wildman–Crippen MR) is 113 cm³/mol. The Hall–Kier alpha value is -2.47. The van der Waals surface area contributed by atoms with E-state index in [0.29, 0.717) is 11.7 Å². The Balaban J connectivity index is 1.28. The average Bonchev–Trinajstić information content (AvgIpc) is 3.15. The van der Waals surface area contributed by atoms with Crippen molar-refractivity contribution >= 4 is 28.7 Å². The van der Waals surface area contributed by atoms with Crippen molar-refractivity contribution in [3.8, 4) is 11.5 Å². The molecule has 0 amide bonds. The molecule has 0 radical (unpaired) electrons. The number of hydrogen-bond acceptors (Lipinski definition) is 4. The minimum Gasteiger partial charge on any atom is -0.454 e. The van der Waals surface area contributed by atoms with Crippen molar-refractivity contribution in [2.24, 2.45) is 5.92 Å². The maximum Gasteiger partial charge on any atom is 0.231 e. The van der Waals surface area contributed by atoms with Crippen molar-refractivity contribution in [1.82, 2.24) is 5.32 Å². The van der Waals surface area contributed by atoms with Crippen LogP contribution in [-0.4, -0.2) is 25.0 Å². The van der Waals surface area contributed by atoms with Gasteiger partial charge in [-0.25, -0.2) is 0 Å². The molecule has 0 aliphatic carbocycles. The second kappa shape index (κ2) is 8.05. The summed E-state index contributed by atoms with van der Waals surface area (Å²) in [6.07, 6.45) is 2.62. The van der Waals surface area contributed by atoms with Gasteiger partial charge in [-0.05, 0) is 60.8 Å². The van der Waals surface area contributed by atoms with Gasteiger partial charge < -0.3 is 25.0 Å². The van der Waals surface area contributed by atoms with Crippen molar-refractivity contribution in [3.63, 3.8) is 0 Å². The summed E-state index contributed by atoms with van der Waals surface area (Å²) in [4.78, 5) is 2.48. The summed E-state index contributed by atoms with van der Waals surface area (Å²) in [7, 11) is 0. The standard InChI is InChI=1S/C21H25N3O2S/c1-15-3-2-10-24(13-15)18-7-4-16(5-8-18)12-22-21(27)23-17-6-9-19-20(11-17)26-14-25-19/h4-9,11,15H,2-3,10,12-14H2,1H3,(H2,22,23,27). The van der Waals surface area contributed by atoms with Gasteiger partial charge in [0, 0.05) is 37.1 Å². The molecule has 0 bridgehead atoms. The average molecular weight is 384 g/mol. The molecule has 1 saturated heterocycles. The van der Waals surface area contributed by atoms with E-state index in [1.54, 1.807) is 0 Å². The van der Waals surface area contributed by atoms with E-state index in [9.17, 15) is 0 Å². The zero-order chi connectivity index (χ0) is 18.6. The van der Waals surface area contributed by atoms with E-state index in [4.69, 9.17) is 21.7 Å². The molecule has 6 heteroatoms. The van der Waals surface area contributed by atoms with Gasteiger partial charge >= 0.3 is 0 Å². The van der Waals surface area contributed by atoms with Gasteiger partial charge in [0.05, 0.1) is 0 Å². The van der Waals surface area contributed by atoms with Gasteiger partial charge in [-0.15, -0.1) is 0 Å². The Kier molecular flexibility index (Phi) is 5.34. The van der Waals surface area contributed by atoms with Crippen LogP contribution in [0.15, 0.2) is 42.5 Å². The highest BCUT2D eigenvalue weighted by Gasteiger charge is 2.16. The number of fused-ring (bicyclic) bond motifs is 1. The molecule has 1 fully saturated rings. The van der Waals surface area contributed by atoms with Crippen LogP contribution in [0.25, 0.3) is 0 Å². The number of ether oxygens (including phenoxy) is 2. The molecule has 2 heterocycles. The maximum absolute atomic E-state index is 5.40. The van der Waals surface area contributed by atoms with Crippen molar-refractivity contribution in [2.45, 2.75) is 26.3 Å². The SMILES string of the molecule is CC1CCCN(c2ccc(CNC(=S)Nc3ccc4c(c3)OCO4)cc2)C1. The number of piperidine rings is 1. The van der Waals surface area contributed by atoms with Crippen LogP contribution in [0.5, 0.6) is 11.5 Å². The normalized spacial score (nSPS) is 18.3. The molecular formula is C21H25N3O2S. The van der Waals surface area contributed by atoms with Crippen LogP contribution in [0.1, 0.15) is 25.3 Å². The summed E-state index contributed by atoms with van der Waals surface area (Å²) in [6, 6.07) is 14.5. The van der Waals surface area contributed by atoms with Gasteiger partial charge in [-0.3, -0.25) is 0 Å². The van der Waals surface area contributed by atoms with Crippen LogP contribution in [0.2, 0.25) is 0 Å². The first-order chi connectivity index (χ1) is 13.2. The fraction of sp³-hybridized carbons (Fsp3) is 0.381. The number of anilines is 2. The molecule has 2 aromatic carbocycles. The molecule has 0 saturated carbocycles. The third-order valence-electron chi connectivity index (χ3n) is 5.04. The summed E-state index contributed by atoms with van der Waals surface area (Å²) in [6.45, 7) is 5.60. The second-order valence-corrected chi connectivity index (χ2v) is 7.64. The van der Waals surface area contributed by atoms with E-state index >= 15 is 0 Å². The van der Waals surface area contributed by atoms with E-state index in [0.717, 1.165) is 36.2 Å². The lowest BCUT2D eigenvalue weighted by Gasteiger charge is -2.32. The van der Waals surface area contributed by atoms with Crippen LogP contribution in [0, 0.1) is 5.92 Å². The summed E-state index contributed by atoms with van der Waals surface area (Å²) < 4.78 is 10.7. The quantitative estimate of drug-likeness (QED) is 0.774. The molecule has 5 nitrogen and oxygen atoms in total. The summed E-state index contributed by atoms with van der Waals surface area (Å²) in [5, 5.41) is 7.03. The van der Waals surface area contributed by atoms with Crippen molar-refractivity contribution in [3.05, 3.63) is 48.0 Å². The van der Waals surface area contributed by atoms with Gasteiger partial charge in [0.2, 0.25) is 6.79 Å². The molecule has 1 unspecified atom stereocenters. The van der Waals surface area contributed by atoms with Crippen molar-refractivity contribution in [1.29, 1.82) is 0 Å². The Morgan fingerprint density at radius 2 is 1.96 bits per heavy atom. The van der Waals surface area contributed by atoms with Crippen molar-refractivity contribution < 1.29 is 9.47 Å². The molecule has 2 aromatic rings. The number of nitrogens with zero attached hydrogens (tertiary/aromatic N) is 1. The molecule has 0 aromatic heterocycles. The topological polar surface area (TPSA) is 45.8 Å². The summed E-state index contributed by atoms with van der Waals surface area (Å²) in [5.74, 6) is 2.28. The van der Waals surface area contributed by atoms with Crippen LogP contribution in [0.4, 0.5) is 11.4 Å². The minimum atomic E-state index is 0.272. The number of rotatable bonds is 4. The zero-order valence-corrected chi connectivity index (χ0v) is 16.3. The van der Waals surface area contributed by atoms with Crippen molar-refractivity contribution in [2.75, 3.05) is 30.1 Å². The fourth-order valence-electron chi connectivity index (χ4n) is 3.58. The molecule has 4 rings (SSSR count). The van der Waals surface area contributed by atoms with Gasteiger partial charge in [0.15, 0.2) is 16.6 Å². The lowest BCUT2D eigenvalue weighted by molar-refractivity contribution is 0.174. The molecule has 2 N–H and O–H groups in total. The monoisotopic (exact) mass is 383 g/mol. The van der Waals surface area contributed by atoms with Crippen LogP contribution >= 0.6 is 12.2 Å². The molecule has 2 aliphatic rings. The van der Waals surface area contributed by atoms with Crippen LogP contribution in [0.3, 0.4) is 0 Å². The summed E-state index contributed by atoms with van der Waals surface area (Å²) in [5.41, 5.74) is 3.40. The first-order valence-electron chi connectivity index (χ1n) is 9.46. The summed E-state index contributed by atoms with van der Waals surface area (Å²) >= 11 is 5.40. The molecule has 27 heavy (non-hydrogen) atoms. The highest BCUT2D eigenvalue weighted by molar-refractivity contribution is 7.80. The van der Waals surface area contributed by atoms with Crippen LogP contribution < -0.4 is 25.0 Å². The molecule has 2 aliphatic heterocycles. The smallest absolute Gasteiger partial charge is 0.231 e. The van der Waals surface area contributed by atoms with E-state index in [-0.39, 0.29) is 6.79 Å². The Labute approximate surface area is 165 Å². The highest BCUT2D eigenvalue weighted by atomic mass is 32.1. The largest absolute Gasteiger partial charge is 0.454 e. The number of benzene rings is 2. The molecule has 142 valence electrons. The van der Waals surface area contributed by atoms with Gasteiger partial charge in [0.1, 0.15) is 0 Å².